The van der Waals surface area contributed by atoms with Gasteiger partial charge in [-0.05, 0) is 18.7 Å². The molecule has 1 N–H and O–H groups in total. The topological polar surface area (TPSA) is 37.8 Å². The minimum Gasteiger partial charge on any atom is -0.363 e. The molecule has 0 bridgehead atoms. The average Bonchev–Trinajstić information content (AvgIpc) is 2.39. The molecule has 0 aliphatic heterocycles. The van der Waals surface area contributed by atoms with Gasteiger partial charge in [-0.15, -0.1) is 0 Å². The third kappa shape index (κ3) is 3.37. The van der Waals surface area contributed by atoms with Crippen LogP contribution in [0, 0.1) is 0 Å². The Kier molecular flexibility index (Phi) is 4.44. The van der Waals surface area contributed by atoms with Crippen molar-refractivity contribution in [1.82, 2.24) is 9.97 Å². The summed E-state index contributed by atoms with van der Waals surface area (Å²) in [6.45, 7) is 2.09. The summed E-state index contributed by atoms with van der Waals surface area (Å²) in [6.07, 6.45) is 1.93. The van der Waals surface area contributed by atoms with E-state index in [0.29, 0.717) is 10.3 Å². The Morgan fingerprint density at radius 1 is 1.22 bits per heavy atom. The van der Waals surface area contributed by atoms with Crippen molar-refractivity contribution in [3.8, 4) is 0 Å². The van der Waals surface area contributed by atoms with E-state index in [9.17, 15) is 0 Å². The quantitative estimate of drug-likeness (QED) is 0.521. The molecule has 0 saturated heterocycles. The summed E-state index contributed by atoms with van der Waals surface area (Å²) in [5.41, 5.74) is 1.21. The molecule has 1 aromatic heterocycles. The largest absolute Gasteiger partial charge is 0.363 e. The van der Waals surface area contributed by atoms with Crippen LogP contribution in [0.1, 0.15) is 18.5 Å². The fourth-order valence-corrected chi connectivity index (χ4v) is 2.22. The molecule has 0 aliphatic carbocycles. The van der Waals surface area contributed by atoms with E-state index in [1.54, 1.807) is 6.07 Å². The van der Waals surface area contributed by atoms with E-state index in [0.717, 1.165) is 5.82 Å². The molecule has 0 fully saturated rings. The number of nitrogens with zero attached hydrogens (tertiary/aromatic N) is 2. The number of halogens is 1. The van der Waals surface area contributed by atoms with Gasteiger partial charge in [-0.2, -0.15) is 0 Å². The number of thioether (sulfide) groups is 1. The summed E-state index contributed by atoms with van der Waals surface area (Å²) < 4.78 is 0. The average molecular weight is 280 g/mol. The first-order valence-electron chi connectivity index (χ1n) is 5.59. The molecule has 0 unspecified atom stereocenters. The second-order valence-corrected chi connectivity index (χ2v) is 5.00. The number of nitrogens with one attached hydrogen (secondary N) is 1. The van der Waals surface area contributed by atoms with Gasteiger partial charge < -0.3 is 5.32 Å². The lowest BCUT2D eigenvalue weighted by atomic mass is 10.1. The summed E-state index contributed by atoms with van der Waals surface area (Å²) in [5.74, 6) is 0.746. The van der Waals surface area contributed by atoms with E-state index >= 15 is 0 Å². The number of hydrogen-bond acceptors (Lipinski definition) is 4. The molecular weight excluding hydrogens is 266 g/mol. The highest BCUT2D eigenvalue weighted by atomic mass is 35.5. The lowest BCUT2D eigenvalue weighted by Crippen LogP contribution is -2.08. The molecule has 3 nitrogen and oxygen atoms in total. The maximum Gasteiger partial charge on any atom is 0.190 e. The molecule has 1 aromatic carbocycles. The first-order valence-corrected chi connectivity index (χ1v) is 7.19. The molecule has 0 aliphatic rings. The maximum absolute atomic E-state index is 5.95. The van der Waals surface area contributed by atoms with Gasteiger partial charge in [0.1, 0.15) is 11.0 Å². The third-order valence-corrected chi connectivity index (χ3v) is 3.26. The Morgan fingerprint density at radius 3 is 2.61 bits per heavy atom. The second kappa shape index (κ2) is 6.07. The standard InChI is InChI=1S/C13H14ClN3S/c1-9(10-6-4-3-5-7-10)15-12-8-11(14)16-13(17-12)18-2/h3-9H,1-2H3,(H,15,16,17)/t9-/m0/s1. The zero-order valence-electron chi connectivity index (χ0n) is 10.2. The molecule has 1 atom stereocenters. The van der Waals surface area contributed by atoms with Gasteiger partial charge in [0.2, 0.25) is 0 Å². The highest BCUT2D eigenvalue weighted by Crippen LogP contribution is 2.21. The van der Waals surface area contributed by atoms with Gasteiger partial charge in [0, 0.05) is 12.1 Å². The van der Waals surface area contributed by atoms with E-state index < -0.39 is 0 Å². The van der Waals surface area contributed by atoms with Gasteiger partial charge in [-0.3, -0.25) is 0 Å². The molecular formula is C13H14ClN3S. The van der Waals surface area contributed by atoms with Crippen LogP contribution in [0.5, 0.6) is 0 Å². The molecule has 94 valence electrons. The summed E-state index contributed by atoms with van der Waals surface area (Å²) >= 11 is 7.43. The van der Waals surface area contributed by atoms with Gasteiger partial charge in [-0.25, -0.2) is 9.97 Å². The second-order valence-electron chi connectivity index (χ2n) is 3.84. The lowest BCUT2D eigenvalue weighted by Gasteiger charge is -2.15. The van der Waals surface area contributed by atoms with E-state index in [2.05, 4.69) is 34.3 Å². The van der Waals surface area contributed by atoms with E-state index in [1.165, 1.54) is 17.3 Å². The Hall–Kier alpha value is -1.26. The Labute approximate surface area is 116 Å². The van der Waals surface area contributed by atoms with Gasteiger partial charge >= 0.3 is 0 Å². The number of rotatable bonds is 4. The van der Waals surface area contributed by atoms with Crippen LogP contribution in [-0.4, -0.2) is 16.2 Å². The van der Waals surface area contributed by atoms with Crippen LogP contribution in [0.15, 0.2) is 41.6 Å². The molecule has 2 aromatic rings. The van der Waals surface area contributed by atoms with Crippen LogP contribution >= 0.6 is 23.4 Å². The molecule has 18 heavy (non-hydrogen) atoms. The maximum atomic E-state index is 5.95. The van der Waals surface area contributed by atoms with Crippen molar-refractivity contribution in [3.63, 3.8) is 0 Å². The van der Waals surface area contributed by atoms with Crippen molar-refractivity contribution in [2.24, 2.45) is 0 Å². The monoisotopic (exact) mass is 279 g/mol. The minimum absolute atomic E-state index is 0.173. The van der Waals surface area contributed by atoms with E-state index in [4.69, 9.17) is 11.6 Å². The summed E-state index contributed by atoms with van der Waals surface area (Å²) in [6, 6.07) is 12.1. The van der Waals surface area contributed by atoms with Crippen LogP contribution < -0.4 is 5.32 Å². The van der Waals surface area contributed by atoms with Crippen LogP contribution in [0.2, 0.25) is 5.15 Å². The van der Waals surface area contributed by atoms with Crippen molar-refractivity contribution in [3.05, 3.63) is 47.1 Å². The van der Waals surface area contributed by atoms with Crippen molar-refractivity contribution in [2.45, 2.75) is 18.1 Å². The number of anilines is 1. The van der Waals surface area contributed by atoms with Gasteiger partial charge in [0.05, 0.1) is 0 Å². The van der Waals surface area contributed by atoms with Gasteiger partial charge in [0.25, 0.3) is 0 Å². The summed E-state index contributed by atoms with van der Waals surface area (Å²) in [4.78, 5) is 8.48. The predicted molar refractivity (Wildman–Crippen MR) is 77.3 cm³/mol. The van der Waals surface area contributed by atoms with Crippen LogP contribution in [0.3, 0.4) is 0 Å². The van der Waals surface area contributed by atoms with Crippen molar-refractivity contribution >= 4 is 29.2 Å². The van der Waals surface area contributed by atoms with Gasteiger partial charge in [0.15, 0.2) is 5.16 Å². The third-order valence-electron chi connectivity index (χ3n) is 2.52. The molecule has 0 saturated carbocycles. The Bertz CT molecular complexity index is 519. The number of hydrogen-bond donors (Lipinski definition) is 1. The molecule has 0 amide bonds. The molecule has 0 spiro atoms. The van der Waals surface area contributed by atoms with Crippen LogP contribution in [-0.2, 0) is 0 Å². The van der Waals surface area contributed by atoms with Crippen molar-refractivity contribution in [2.75, 3.05) is 11.6 Å². The molecule has 5 heteroatoms. The lowest BCUT2D eigenvalue weighted by molar-refractivity contribution is 0.856. The van der Waals surface area contributed by atoms with Crippen molar-refractivity contribution in [1.29, 1.82) is 0 Å². The zero-order chi connectivity index (χ0) is 13.0. The highest BCUT2D eigenvalue weighted by molar-refractivity contribution is 7.98. The fraction of sp³-hybridized carbons (Fsp3) is 0.231. The molecule has 1 heterocycles. The van der Waals surface area contributed by atoms with E-state index in [1.807, 2.05) is 24.5 Å². The van der Waals surface area contributed by atoms with Crippen LogP contribution in [0.25, 0.3) is 0 Å². The van der Waals surface area contributed by atoms with Gasteiger partial charge in [-0.1, -0.05) is 53.7 Å². The summed E-state index contributed by atoms with van der Waals surface area (Å²) in [5, 5.41) is 4.45. The Balaban J connectivity index is 2.16. The first kappa shape index (κ1) is 13.2. The first-order chi connectivity index (χ1) is 8.69. The predicted octanol–water partition coefficient (Wildman–Crippen LogP) is 4.03. The van der Waals surface area contributed by atoms with Crippen molar-refractivity contribution < 1.29 is 0 Å². The normalized spacial score (nSPS) is 12.2. The van der Waals surface area contributed by atoms with E-state index in [-0.39, 0.29) is 6.04 Å². The SMILES string of the molecule is CSc1nc(Cl)cc(N[C@@H](C)c2ccccc2)n1. The molecule has 2 rings (SSSR count). The zero-order valence-corrected chi connectivity index (χ0v) is 11.8. The number of aromatic nitrogens is 2. The summed E-state index contributed by atoms with van der Waals surface area (Å²) in [7, 11) is 0. The highest BCUT2D eigenvalue weighted by Gasteiger charge is 2.07. The fourth-order valence-electron chi connectivity index (χ4n) is 1.61. The molecule has 0 radical (unpaired) electrons. The number of benzene rings is 1. The minimum atomic E-state index is 0.173. The smallest absolute Gasteiger partial charge is 0.190 e. The van der Waals surface area contributed by atoms with Crippen LogP contribution in [0.4, 0.5) is 5.82 Å². The Morgan fingerprint density at radius 2 is 1.94 bits per heavy atom.